The minimum Gasteiger partial charge on any atom is -0.371 e. The molecule has 0 saturated heterocycles. The Morgan fingerprint density at radius 2 is 1.89 bits per heavy atom. The van der Waals surface area contributed by atoms with Gasteiger partial charge in [-0.1, -0.05) is 18.2 Å². The summed E-state index contributed by atoms with van der Waals surface area (Å²) in [6.45, 7) is 10.0. The number of nitrogens with one attached hydrogen (secondary N) is 2. The van der Waals surface area contributed by atoms with Gasteiger partial charge in [-0.2, -0.15) is 0 Å². The molecule has 28 heavy (non-hydrogen) atoms. The summed E-state index contributed by atoms with van der Waals surface area (Å²) in [6.07, 6.45) is 1.96. The second kappa shape index (κ2) is 5.44. The number of anilines is 1. The highest BCUT2D eigenvalue weighted by Crippen LogP contribution is 2.43. The lowest BCUT2D eigenvalue weighted by Crippen LogP contribution is -2.36. The van der Waals surface area contributed by atoms with Gasteiger partial charge in [0.05, 0.1) is 22.4 Å². The SMILES string of the molecule is Cc1c(-c2cccc3c(C)c[nH]c23)c(F)cc2c1-n1c(C)nnc1C(C)(C)N2. The third-order valence-corrected chi connectivity index (χ3v) is 5.74. The third-order valence-electron chi connectivity index (χ3n) is 5.74. The normalized spacial score (nSPS) is 14.6. The number of para-hydroxylation sites is 1. The Balaban J connectivity index is 1.86. The van der Waals surface area contributed by atoms with Crippen LogP contribution in [0.1, 0.15) is 36.6 Å². The van der Waals surface area contributed by atoms with Crippen molar-refractivity contribution in [2.75, 3.05) is 5.32 Å². The number of benzene rings is 2. The molecule has 2 aromatic carbocycles. The van der Waals surface area contributed by atoms with Crippen LogP contribution in [-0.4, -0.2) is 19.7 Å². The van der Waals surface area contributed by atoms with Crippen molar-refractivity contribution in [3.63, 3.8) is 0 Å². The van der Waals surface area contributed by atoms with Gasteiger partial charge in [0.25, 0.3) is 0 Å². The summed E-state index contributed by atoms with van der Waals surface area (Å²) < 4.78 is 17.5. The van der Waals surface area contributed by atoms with Crippen LogP contribution in [0.2, 0.25) is 0 Å². The van der Waals surface area contributed by atoms with Gasteiger partial charge in [0, 0.05) is 22.7 Å². The zero-order valence-electron chi connectivity index (χ0n) is 16.6. The second-order valence-electron chi connectivity index (χ2n) is 8.11. The summed E-state index contributed by atoms with van der Waals surface area (Å²) in [5.74, 6) is 1.38. The number of H-pyrrole nitrogens is 1. The minimum atomic E-state index is -0.439. The predicted octanol–water partition coefficient (Wildman–Crippen LogP) is 5.14. The van der Waals surface area contributed by atoms with Crippen LogP contribution in [0, 0.1) is 26.6 Å². The van der Waals surface area contributed by atoms with Crippen molar-refractivity contribution >= 4 is 16.6 Å². The lowest BCUT2D eigenvalue weighted by Gasteiger charge is -2.35. The molecule has 1 aliphatic heterocycles. The molecule has 0 unspecified atom stereocenters. The van der Waals surface area contributed by atoms with E-state index in [2.05, 4.69) is 33.5 Å². The molecule has 6 heteroatoms. The van der Waals surface area contributed by atoms with Crippen molar-refractivity contribution in [1.29, 1.82) is 0 Å². The van der Waals surface area contributed by atoms with Gasteiger partial charge in [-0.05, 0) is 51.8 Å². The van der Waals surface area contributed by atoms with E-state index in [0.29, 0.717) is 5.56 Å². The van der Waals surface area contributed by atoms with Gasteiger partial charge < -0.3 is 10.3 Å². The lowest BCUT2D eigenvalue weighted by atomic mass is 9.92. The van der Waals surface area contributed by atoms with Crippen LogP contribution in [-0.2, 0) is 5.54 Å². The van der Waals surface area contributed by atoms with E-state index in [9.17, 15) is 0 Å². The van der Waals surface area contributed by atoms with E-state index in [1.165, 1.54) is 0 Å². The molecule has 0 radical (unpaired) electrons. The van der Waals surface area contributed by atoms with Crippen LogP contribution < -0.4 is 5.32 Å². The molecule has 1 aliphatic rings. The predicted molar refractivity (Wildman–Crippen MR) is 109 cm³/mol. The Bertz CT molecular complexity index is 1260. The van der Waals surface area contributed by atoms with Crippen LogP contribution in [0.25, 0.3) is 27.7 Å². The molecule has 0 bridgehead atoms. The van der Waals surface area contributed by atoms with E-state index >= 15 is 4.39 Å². The molecule has 3 heterocycles. The summed E-state index contributed by atoms with van der Waals surface area (Å²) in [7, 11) is 0. The Morgan fingerprint density at radius 1 is 1.11 bits per heavy atom. The fourth-order valence-electron chi connectivity index (χ4n) is 4.41. The molecule has 0 atom stereocenters. The van der Waals surface area contributed by atoms with E-state index in [1.807, 2.05) is 50.6 Å². The number of aryl methyl sites for hydroxylation is 2. The lowest BCUT2D eigenvalue weighted by molar-refractivity contribution is 0.532. The highest BCUT2D eigenvalue weighted by Gasteiger charge is 2.36. The molecule has 142 valence electrons. The third kappa shape index (κ3) is 2.11. The Labute approximate surface area is 162 Å². The Kier molecular flexibility index (Phi) is 3.30. The topological polar surface area (TPSA) is 58.5 Å². The van der Waals surface area contributed by atoms with E-state index < -0.39 is 5.54 Å². The van der Waals surface area contributed by atoms with Crippen LogP contribution in [0.5, 0.6) is 0 Å². The van der Waals surface area contributed by atoms with Gasteiger partial charge in [-0.25, -0.2) is 4.39 Å². The first kappa shape index (κ1) is 17.0. The van der Waals surface area contributed by atoms with Crippen LogP contribution in [0.4, 0.5) is 10.1 Å². The summed E-state index contributed by atoms with van der Waals surface area (Å²) in [5, 5.41) is 13.2. The standard InChI is InChI=1S/C22H22FN5/c1-11-10-24-19-14(11)7-6-8-15(19)18-12(2)20-17(9-16(18)23)25-22(4,5)21-27-26-13(3)28(20)21/h6-10,24-25H,1-5H3. The molecule has 2 N–H and O–H groups in total. The van der Waals surface area contributed by atoms with E-state index in [-0.39, 0.29) is 5.82 Å². The summed E-state index contributed by atoms with van der Waals surface area (Å²) in [6, 6.07) is 7.60. The summed E-state index contributed by atoms with van der Waals surface area (Å²) >= 11 is 0. The molecular weight excluding hydrogens is 353 g/mol. The number of aromatic nitrogens is 4. The molecule has 2 aromatic heterocycles. The number of fused-ring (bicyclic) bond motifs is 4. The quantitative estimate of drug-likeness (QED) is 0.484. The maximum absolute atomic E-state index is 15.4. The number of nitrogens with zero attached hydrogens (tertiary/aromatic N) is 3. The first-order valence-electron chi connectivity index (χ1n) is 9.41. The molecular formula is C22H22FN5. The van der Waals surface area contributed by atoms with Crippen molar-refractivity contribution in [3.8, 4) is 16.8 Å². The smallest absolute Gasteiger partial charge is 0.162 e. The van der Waals surface area contributed by atoms with E-state index in [0.717, 1.165) is 50.6 Å². The van der Waals surface area contributed by atoms with Crippen molar-refractivity contribution in [2.24, 2.45) is 0 Å². The maximum atomic E-state index is 15.4. The Hall–Kier alpha value is -3.15. The second-order valence-corrected chi connectivity index (χ2v) is 8.11. The minimum absolute atomic E-state index is 0.242. The van der Waals surface area contributed by atoms with Crippen LogP contribution in [0.3, 0.4) is 0 Å². The van der Waals surface area contributed by atoms with Crippen molar-refractivity contribution in [3.05, 3.63) is 59.1 Å². The fourth-order valence-corrected chi connectivity index (χ4v) is 4.41. The molecule has 5 nitrogen and oxygen atoms in total. The summed E-state index contributed by atoms with van der Waals surface area (Å²) in [4.78, 5) is 3.31. The molecule has 5 rings (SSSR count). The molecule has 0 fully saturated rings. The largest absolute Gasteiger partial charge is 0.371 e. The van der Waals surface area contributed by atoms with E-state index in [1.54, 1.807) is 6.07 Å². The number of aromatic amines is 1. The average molecular weight is 375 g/mol. The van der Waals surface area contributed by atoms with Gasteiger partial charge in [0.1, 0.15) is 11.6 Å². The molecule has 4 aromatic rings. The average Bonchev–Trinajstić information content (AvgIpc) is 3.19. The fraction of sp³-hybridized carbons (Fsp3) is 0.273. The van der Waals surface area contributed by atoms with Gasteiger partial charge in [-0.15, -0.1) is 10.2 Å². The zero-order valence-corrected chi connectivity index (χ0v) is 16.6. The van der Waals surface area contributed by atoms with Gasteiger partial charge >= 0.3 is 0 Å². The van der Waals surface area contributed by atoms with Crippen molar-refractivity contribution < 1.29 is 4.39 Å². The maximum Gasteiger partial charge on any atom is 0.162 e. The highest BCUT2D eigenvalue weighted by atomic mass is 19.1. The zero-order chi connectivity index (χ0) is 19.8. The number of hydrogen-bond donors (Lipinski definition) is 2. The molecule has 0 amide bonds. The van der Waals surface area contributed by atoms with Gasteiger partial charge in [0.15, 0.2) is 5.82 Å². The van der Waals surface area contributed by atoms with E-state index in [4.69, 9.17) is 0 Å². The number of halogens is 1. The monoisotopic (exact) mass is 375 g/mol. The number of hydrogen-bond acceptors (Lipinski definition) is 3. The van der Waals surface area contributed by atoms with Crippen molar-refractivity contribution in [2.45, 2.75) is 40.2 Å². The number of rotatable bonds is 1. The van der Waals surface area contributed by atoms with Crippen LogP contribution >= 0.6 is 0 Å². The Morgan fingerprint density at radius 3 is 2.68 bits per heavy atom. The van der Waals surface area contributed by atoms with Crippen molar-refractivity contribution in [1.82, 2.24) is 19.7 Å². The molecule has 0 spiro atoms. The van der Waals surface area contributed by atoms with Gasteiger partial charge in [-0.3, -0.25) is 4.57 Å². The first-order valence-corrected chi connectivity index (χ1v) is 9.41. The van der Waals surface area contributed by atoms with Gasteiger partial charge in [0.2, 0.25) is 0 Å². The first-order chi connectivity index (χ1) is 13.3. The summed E-state index contributed by atoms with van der Waals surface area (Å²) in [5.41, 5.74) is 5.65. The molecule has 0 saturated carbocycles. The molecule has 0 aliphatic carbocycles. The highest BCUT2D eigenvalue weighted by molar-refractivity contribution is 5.98. The van der Waals surface area contributed by atoms with Crippen LogP contribution in [0.15, 0.2) is 30.5 Å².